The van der Waals surface area contributed by atoms with Crippen molar-refractivity contribution in [1.29, 1.82) is 0 Å². The topological polar surface area (TPSA) is 111 Å². The van der Waals surface area contributed by atoms with Gasteiger partial charge in [-0.1, -0.05) is 25.1 Å². The van der Waals surface area contributed by atoms with E-state index in [2.05, 4.69) is 27.4 Å². The Morgan fingerprint density at radius 3 is 2.43 bits per heavy atom. The molecule has 8 nitrogen and oxygen atoms in total. The number of ether oxygens (including phenoxy) is 2. The average Bonchev–Trinajstić information content (AvgIpc) is 3.25. The minimum absolute atomic E-state index is 0.192. The Hall–Kier alpha value is -3.30. The van der Waals surface area contributed by atoms with Gasteiger partial charge in [0, 0.05) is 29.3 Å². The molecule has 9 heteroatoms. The van der Waals surface area contributed by atoms with Gasteiger partial charge in [0.05, 0.1) is 18.9 Å². The molecular formula is C26H31N3O5S. The van der Waals surface area contributed by atoms with Crippen molar-refractivity contribution in [1.82, 2.24) is 15.3 Å². The van der Waals surface area contributed by atoms with E-state index in [1.54, 1.807) is 27.2 Å². The maximum absolute atomic E-state index is 12.5. The number of hydrogen-bond acceptors (Lipinski definition) is 7. The van der Waals surface area contributed by atoms with Gasteiger partial charge in [0.15, 0.2) is 6.10 Å². The van der Waals surface area contributed by atoms with E-state index in [-0.39, 0.29) is 25.0 Å². The summed E-state index contributed by atoms with van der Waals surface area (Å²) in [6.45, 7) is 7.67. The van der Waals surface area contributed by atoms with Crippen molar-refractivity contribution in [2.45, 2.75) is 52.7 Å². The summed E-state index contributed by atoms with van der Waals surface area (Å²) >= 11 is 1.45. The Morgan fingerprint density at radius 1 is 1.20 bits per heavy atom. The minimum Gasteiger partial charge on any atom is -0.496 e. The molecule has 0 fully saturated rings. The number of benzene rings is 1. The van der Waals surface area contributed by atoms with Crippen LogP contribution in [0.3, 0.4) is 0 Å². The second-order valence-corrected chi connectivity index (χ2v) is 9.42. The molecule has 0 aliphatic heterocycles. The van der Waals surface area contributed by atoms with Crippen LogP contribution >= 0.6 is 11.3 Å². The summed E-state index contributed by atoms with van der Waals surface area (Å²) in [6, 6.07) is 10.0. The first-order valence-corrected chi connectivity index (χ1v) is 12.3. The van der Waals surface area contributed by atoms with E-state index in [1.807, 2.05) is 32.0 Å². The van der Waals surface area contributed by atoms with E-state index >= 15 is 0 Å². The molecule has 2 aliphatic carbocycles. The van der Waals surface area contributed by atoms with Gasteiger partial charge in [-0.3, -0.25) is 9.78 Å². The maximum atomic E-state index is 12.5. The van der Waals surface area contributed by atoms with Crippen molar-refractivity contribution >= 4 is 23.2 Å². The molecule has 2 aliphatic rings. The van der Waals surface area contributed by atoms with Gasteiger partial charge in [-0.05, 0) is 50.1 Å². The molecule has 0 saturated heterocycles. The fourth-order valence-electron chi connectivity index (χ4n) is 3.37. The van der Waals surface area contributed by atoms with Crippen LogP contribution in [0.4, 0.5) is 0 Å². The van der Waals surface area contributed by atoms with Crippen molar-refractivity contribution in [3.8, 4) is 16.5 Å². The molecule has 0 radical (unpaired) electrons. The fourth-order valence-corrected chi connectivity index (χ4v) is 4.35. The Morgan fingerprint density at radius 2 is 1.97 bits per heavy atom. The van der Waals surface area contributed by atoms with Crippen molar-refractivity contribution in [3.05, 3.63) is 63.1 Å². The summed E-state index contributed by atoms with van der Waals surface area (Å²) < 4.78 is 10.3. The molecular weight excluding hydrogens is 466 g/mol. The number of pyridine rings is 1. The quantitative estimate of drug-likeness (QED) is 0.335. The number of hydrogen-bond donors (Lipinski definition) is 2. The Balaban J connectivity index is 0.000000355. The van der Waals surface area contributed by atoms with Crippen molar-refractivity contribution < 1.29 is 24.2 Å². The molecule has 2 aromatic rings. The molecule has 2 heterocycles. The molecule has 0 spiro atoms. The first-order valence-electron chi connectivity index (χ1n) is 11.5. The zero-order valence-electron chi connectivity index (χ0n) is 20.6. The van der Waals surface area contributed by atoms with Gasteiger partial charge in [-0.15, -0.1) is 11.3 Å². The number of aromatic nitrogens is 2. The van der Waals surface area contributed by atoms with Crippen LogP contribution in [-0.2, 0) is 16.0 Å². The lowest BCUT2D eigenvalue weighted by Crippen LogP contribution is -2.33. The Bertz CT molecular complexity index is 1270. The molecule has 2 N–H and O–H groups in total. The van der Waals surface area contributed by atoms with Gasteiger partial charge in [0.1, 0.15) is 16.5 Å². The highest BCUT2D eigenvalue weighted by Gasteiger charge is 2.22. The van der Waals surface area contributed by atoms with Gasteiger partial charge in [0.2, 0.25) is 0 Å². The van der Waals surface area contributed by atoms with Crippen molar-refractivity contribution in [2.75, 3.05) is 13.7 Å². The number of aliphatic carboxylic acids is 1. The third-order valence-corrected chi connectivity index (χ3v) is 6.50. The highest BCUT2D eigenvalue weighted by atomic mass is 32.1. The number of thiazole rings is 1. The number of carbonyl (C=O) groups is 2. The number of aryl methyl sites for hydroxylation is 2. The van der Waals surface area contributed by atoms with Crippen LogP contribution in [0.2, 0.25) is 0 Å². The van der Waals surface area contributed by atoms with Gasteiger partial charge < -0.3 is 19.9 Å². The number of nitrogens with one attached hydrogen (secondary N) is 1. The zero-order chi connectivity index (χ0) is 25.5. The predicted octanol–water partition coefficient (Wildman–Crippen LogP) is 4.37. The molecule has 1 amide bonds. The molecule has 1 unspecified atom stereocenters. The van der Waals surface area contributed by atoms with E-state index in [9.17, 15) is 14.7 Å². The largest absolute Gasteiger partial charge is 0.496 e. The van der Waals surface area contributed by atoms with Crippen LogP contribution < -0.4 is 10.1 Å². The summed E-state index contributed by atoms with van der Waals surface area (Å²) in [5.41, 5.74) is 2.16. The van der Waals surface area contributed by atoms with Gasteiger partial charge >= 0.3 is 5.97 Å². The number of rotatable bonds is 10. The lowest BCUT2D eigenvalue weighted by Gasteiger charge is -2.16. The molecule has 4 rings (SSSR count). The van der Waals surface area contributed by atoms with Crippen molar-refractivity contribution in [2.24, 2.45) is 0 Å². The molecule has 0 bridgehead atoms. The number of carboxylic acid groups (broad SMARTS) is 1. The van der Waals surface area contributed by atoms with E-state index < -0.39 is 12.1 Å². The van der Waals surface area contributed by atoms with Crippen LogP contribution in [0.25, 0.3) is 10.7 Å². The standard InChI is InChI=1S/C19H25N3O4S.C7H6O/c1-5-15-16(22-18(27-15)13-7-6-12(4)10-21-13)17(23)20-9-8-14(19(24)25)26-11(2)3;1-8-7-4-5-2-3-6(5)7/h6-7,10-11,14H,5,8-9H2,1-4H3,(H,20,23)(H,24,25);2-4H,1H3. The average molecular weight is 498 g/mol. The number of nitrogens with zero attached hydrogens (tertiary/aromatic N) is 2. The van der Waals surface area contributed by atoms with Gasteiger partial charge in [0.25, 0.3) is 5.91 Å². The van der Waals surface area contributed by atoms with Crippen LogP contribution in [0, 0.1) is 17.4 Å². The van der Waals surface area contributed by atoms with Crippen LogP contribution in [0.5, 0.6) is 5.75 Å². The molecule has 2 aromatic heterocycles. The summed E-state index contributed by atoms with van der Waals surface area (Å²) in [7, 11) is 1.70. The van der Waals surface area contributed by atoms with Gasteiger partial charge in [-0.2, -0.15) is 0 Å². The second kappa shape index (κ2) is 11.9. The predicted molar refractivity (Wildman–Crippen MR) is 135 cm³/mol. The Labute approximate surface area is 208 Å². The summed E-state index contributed by atoms with van der Waals surface area (Å²) in [5.74, 6) is -0.314. The number of amides is 1. The first-order chi connectivity index (χ1) is 16.7. The minimum atomic E-state index is -1.03. The van der Waals surface area contributed by atoms with E-state index in [0.717, 1.165) is 21.9 Å². The molecule has 1 atom stereocenters. The molecule has 35 heavy (non-hydrogen) atoms. The Kier molecular flexibility index (Phi) is 8.95. The lowest BCUT2D eigenvalue weighted by molar-refractivity contribution is -0.153. The SMILES string of the molecule is CCc1sc(-c2ccc(C)cn2)nc1C(=O)NCCC(OC(C)C)C(=O)O.COc1cc2ccc1=2. The molecule has 0 saturated carbocycles. The molecule has 0 aromatic carbocycles. The van der Waals surface area contributed by atoms with Crippen LogP contribution in [0.15, 0.2) is 36.5 Å². The smallest absolute Gasteiger partial charge is 0.332 e. The maximum Gasteiger partial charge on any atom is 0.332 e. The first kappa shape index (κ1) is 26.3. The highest BCUT2D eigenvalue weighted by Crippen LogP contribution is 2.27. The monoisotopic (exact) mass is 497 g/mol. The molecule has 186 valence electrons. The van der Waals surface area contributed by atoms with Crippen LogP contribution in [0.1, 0.15) is 48.1 Å². The normalized spacial score (nSPS) is 11.9. The lowest BCUT2D eigenvalue weighted by atomic mass is 10.1. The van der Waals surface area contributed by atoms with E-state index in [4.69, 9.17) is 9.47 Å². The van der Waals surface area contributed by atoms with Crippen LogP contribution in [-0.4, -0.2) is 52.8 Å². The van der Waals surface area contributed by atoms with Gasteiger partial charge in [-0.25, -0.2) is 9.78 Å². The fraction of sp³-hybridized carbons (Fsp3) is 0.385. The summed E-state index contributed by atoms with van der Waals surface area (Å²) in [6.07, 6.45) is 1.50. The highest BCUT2D eigenvalue weighted by molar-refractivity contribution is 7.15. The number of carbonyl (C=O) groups excluding carboxylic acids is 1. The number of carboxylic acids is 1. The third-order valence-electron chi connectivity index (χ3n) is 5.28. The van der Waals surface area contributed by atoms with Crippen molar-refractivity contribution in [3.63, 3.8) is 0 Å². The zero-order valence-corrected chi connectivity index (χ0v) is 21.4. The second-order valence-electron chi connectivity index (χ2n) is 8.34. The van der Waals surface area contributed by atoms with E-state index in [0.29, 0.717) is 17.1 Å². The number of methoxy groups -OCH3 is 1. The summed E-state index contributed by atoms with van der Waals surface area (Å²) in [5, 5.41) is 15.2. The van der Waals surface area contributed by atoms with E-state index in [1.165, 1.54) is 21.8 Å². The summed E-state index contributed by atoms with van der Waals surface area (Å²) in [4.78, 5) is 33.4. The third kappa shape index (κ3) is 6.64.